The topological polar surface area (TPSA) is 54.9 Å². The maximum atomic E-state index is 12.7. The molecule has 3 heterocycles. The number of pyridine rings is 2. The third kappa shape index (κ3) is 2.35. The summed E-state index contributed by atoms with van der Waals surface area (Å²) in [5, 5.41) is 4.05. The van der Waals surface area contributed by atoms with Crippen molar-refractivity contribution >= 4 is 22.5 Å². The lowest BCUT2D eigenvalue weighted by molar-refractivity contribution is -0.116. The van der Waals surface area contributed by atoms with Gasteiger partial charge in [-0.3, -0.25) is 14.8 Å². The van der Waals surface area contributed by atoms with Crippen LogP contribution >= 0.6 is 0 Å². The number of para-hydroxylation sites is 1. The minimum Gasteiger partial charge on any atom is -0.325 e. The fourth-order valence-corrected chi connectivity index (χ4v) is 3.52. The van der Waals surface area contributed by atoms with Gasteiger partial charge in [0, 0.05) is 23.5 Å². The van der Waals surface area contributed by atoms with Crippen LogP contribution in [0.3, 0.4) is 0 Å². The normalized spacial score (nSPS) is 15.7. The summed E-state index contributed by atoms with van der Waals surface area (Å²) in [6, 6.07) is 21.9. The highest BCUT2D eigenvalue weighted by Crippen LogP contribution is 2.39. The Morgan fingerprint density at radius 1 is 0.846 bits per heavy atom. The van der Waals surface area contributed by atoms with Gasteiger partial charge in [0.25, 0.3) is 0 Å². The molecule has 0 bridgehead atoms. The molecule has 4 nitrogen and oxygen atoms in total. The van der Waals surface area contributed by atoms with Gasteiger partial charge in [-0.25, -0.2) is 0 Å². The van der Waals surface area contributed by atoms with E-state index in [1.165, 1.54) is 0 Å². The summed E-state index contributed by atoms with van der Waals surface area (Å²) in [6.07, 6.45) is 3.54. The predicted molar refractivity (Wildman–Crippen MR) is 102 cm³/mol. The molecule has 0 spiro atoms. The number of nitrogens with zero attached hydrogens (tertiary/aromatic N) is 2. The monoisotopic (exact) mass is 337 g/mol. The van der Waals surface area contributed by atoms with Crippen LogP contribution < -0.4 is 5.32 Å². The lowest BCUT2D eigenvalue weighted by Gasteiger charge is -2.11. The highest BCUT2D eigenvalue weighted by molar-refractivity contribution is 6.05. The van der Waals surface area contributed by atoms with Gasteiger partial charge in [0.2, 0.25) is 5.91 Å². The average molecular weight is 337 g/mol. The van der Waals surface area contributed by atoms with Crippen molar-refractivity contribution in [2.24, 2.45) is 0 Å². The molecule has 4 heteroatoms. The first-order chi connectivity index (χ1) is 12.8. The van der Waals surface area contributed by atoms with Gasteiger partial charge in [0.1, 0.15) is 5.92 Å². The molecule has 1 N–H and O–H groups in total. The zero-order valence-electron chi connectivity index (χ0n) is 13.9. The van der Waals surface area contributed by atoms with E-state index in [0.717, 1.165) is 39.0 Å². The summed E-state index contributed by atoms with van der Waals surface area (Å²) in [4.78, 5) is 21.5. The van der Waals surface area contributed by atoms with Crippen molar-refractivity contribution in [2.45, 2.75) is 5.92 Å². The second kappa shape index (κ2) is 5.77. The zero-order valence-corrected chi connectivity index (χ0v) is 13.9. The second-order valence-electron chi connectivity index (χ2n) is 6.39. The van der Waals surface area contributed by atoms with E-state index in [2.05, 4.69) is 16.4 Å². The first kappa shape index (κ1) is 14.8. The Bertz CT molecular complexity index is 1140. The molecule has 1 atom stereocenters. The third-order valence-electron chi connectivity index (χ3n) is 4.81. The Balaban J connectivity index is 1.64. The van der Waals surface area contributed by atoms with Gasteiger partial charge in [-0.15, -0.1) is 0 Å². The number of nitrogens with one attached hydrogen (secondary N) is 1. The molecule has 0 radical (unpaired) electrons. The quantitative estimate of drug-likeness (QED) is 0.590. The van der Waals surface area contributed by atoms with E-state index in [9.17, 15) is 4.79 Å². The van der Waals surface area contributed by atoms with E-state index in [1.807, 2.05) is 60.7 Å². The first-order valence-electron chi connectivity index (χ1n) is 8.50. The second-order valence-corrected chi connectivity index (χ2v) is 6.39. The maximum absolute atomic E-state index is 12.7. The van der Waals surface area contributed by atoms with E-state index in [0.29, 0.717) is 0 Å². The Kier molecular flexibility index (Phi) is 3.28. The molecule has 1 unspecified atom stereocenters. The molecule has 2 aromatic carbocycles. The Morgan fingerprint density at radius 3 is 2.58 bits per heavy atom. The fourth-order valence-electron chi connectivity index (χ4n) is 3.52. The van der Waals surface area contributed by atoms with Crippen LogP contribution in [0.1, 0.15) is 17.2 Å². The smallest absolute Gasteiger partial charge is 0.238 e. The number of aromatic nitrogens is 2. The molecular formula is C22H15N3O. The molecule has 1 aliphatic rings. The highest BCUT2D eigenvalue weighted by Gasteiger charge is 2.33. The van der Waals surface area contributed by atoms with Crippen LogP contribution in [0, 0.1) is 0 Å². The molecule has 4 aromatic rings. The maximum Gasteiger partial charge on any atom is 0.238 e. The van der Waals surface area contributed by atoms with Gasteiger partial charge >= 0.3 is 0 Å². The summed E-state index contributed by atoms with van der Waals surface area (Å²) >= 11 is 0. The van der Waals surface area contributed by atoms with Gasteiger partial charge in [0.05, 0.1) is 11.2 Å². The van der Waals surface area contributed by atoms with Crippen molar-refractivity contribution in [3.63, 3.8) is 0 Å². The van der Waals surface area contributed by atoms with Gasteiger partial charge in [-0.1, -0.05) is 30.3 Å². The largest absolute Gasteiger partial charge is 0.325 e. The number of hydrogen-bond donors (Lipinski definition) is 1. The van der Waals surface area contributed by atoms with E-state index in [4.69, 9.17) is 4.98 Å². The van der Waals surface area contributed by atoms with Crippen LogP contribution in [-0.4, -0.2) is 15.9 Å². The Hall–Kier alpha value is -3.53. The van der Waals surface area contributed by atoms with Crippen LogP contribution in [0.2, 0.25) is 0 Å². The van der Waals surface area contributed by atoms with Crippen molar-refractivity contribution < 1.29 is 4.79 Å². The van der Waals surface area contributed by atoms with E-state index >= 15 is 0 Å². The van der Waals surface area contributed by atoms with Gasteiger partial charge in [-0.05, 0) is 53.1 Å². The average Bonchev–Trinajstić information content (AvgIpc) is 3.03. The van der Waals surface area contributed by atoms with E-state index in [1.54, 1.807) is 12.4 Å². The molecule has 1 amide bonds. The zero-order chi connectivity index (χ0) is 17.5. The molecule has 0 saturated carbocycles. The Morgan fingerprint density at radius 2 is 1.69 bits per heavy atom. The first-order valence-corrected chi connectivity index (χ1v) is 8.50. The molecule has 2 aromatic heterocycles. The van der Waals surface area contributed by atoms with Crippen molar-refractivity contribution in [1.82, 2.24) is 9.97 Å². The molecule has 0 aliphatic carbocycles. The molecule has 0 fully saturated rings. The summed E-state index contributed by atoms with van der Waals surface area (Å²) in [7, 11) is 0. The van der Waals surface area contributed by atoms with Crippen molar-refractivity contribution in [2.75, 3.05) is 5.32 Å². The lowest BCUT2D eigenvalue weighted by atomic mass is 9.93. The summed E-state index contributed by atoms with van der Waals surface area (Å²) in [5.41, 5.74) is 5.63. The number of hydrogen-bond acceptors (Lipinski definition) is 3. The molecule has 124 valence electrons. The standard InChI is InChI=1S/C22H15N3O/c26-22-21(20-8-5-15-3-1-2-4-18(15)24-20)17-13-16(6-7-19(17)25-22)14-9-11-23-12-10-14/h1-13,21H,(H,25,26). The van der Waals surface area contributed by atoms with Crippen LogP contribution in [0.25, 0.3) is 22.0 Å². The van der Waals surface area contributed by atoms with Gasteiger partial charge in [0.15, 0.2) is 0 Å². The minimum atomic E-state index is -0.392. The summed E-state index contributed by atoms with van der Waals surface area (Å²) < 4.78 is 0. The number of anilines is 1. The van der Waals surface area contributed by atoms with Crippen LogP contribution in [0.5, 0.6) is 0 Å². The van der Waals surface area contributed by atoms with Crippen LogP contribution in [0.15, 0.2) is 79.1 Å². The number of fused-ring (bicyclic) bond motifs is 2. The SMILES string of the molecule is O=C1Nc2ccc(-c3ccncc3)cc2C1c1ccc2ccccc2n1. The minimum absolute atomic E-state index is 0.0327. The lowest BCUT2D eigenvalue weighted by Crippen LogP contribution is -2.14. The van der Waals surface area contributed by atoms with E-state index < -0.39 is 5.92 Å². The van der Waals surface area contributed by atoms with Crippen molar-refractivity contribution in [3.8, 4) is 11.1 Å². The number of benzene rings is 2. The molecule has 0 saturated heterocycles. The third-order valence-corrected chi connectivity index (χ3v) is 4.81. The number of amides is 1. The predicted octanol–water partition coefficient (Wildman–Crippen LogP) is 4.38. The highest BCUT2D eigenvalue weighted by atomic mass is 16.2. The molecule has 1 aliphatic heterocycles. The number of carbonyl (C=O) groups is 1. The Labute approximate surface area is 150 Å². The van der Waals surface area contributed by atoms with Crippen molar-refractivity contribution in [3.05, 3.63) is 90.4 Å². The van der Waals surface area contributed by atoms with Gasteiger partial charge in [-0.2, -0.15) is 0 Å². The fraction of sp³-hybridized carbons (Fsp3) is 0.0455. The molecule has 5 rings (SSSR count). The summed E-state index contributed by atoms with van der Waals surface area (Å²) in [5.74, 6) is -0.425. The number of rotatable bonds is 2. The van der Waals surface area contributed by atoms with E-state index in [-0.39, 0.29) is 5.91 Å². The van der Waals surface area contributed by atoms with Crippen molar-refractivity contribution in [1.29, 1.82) is 0 Å². The molecular weight excluding hydrogens is 322 g/mol. The summed E-state index contributed by atoms with van der Waals surface area (Å²) in [6.45, 7) is 0. The number of carbonyl (C=O) groups excluding carboxylic acids is 1. The van der Waals surface area contributed by atoms with Crippen LogP contribution in [0.4, 0.5) is 5.69 Å². The van der Waals surface area contributed by atoms with Crippen LogP contribution in [-0.2, 0) is 4.79 Å². The van der Waals surface area contributed by atoms with Gasteiger partial charge < -0.3 is 5.32 Å². The molecule has 26 heavy (non-hydrogen) atoms.